The van der Waals surface area contributed by atoms with Crippen molar-refractivity contribution in [3.05, 3.63) is 0 Å². The van der Waals surface area contributed by atoms with E-state index in [4.69, 9.17) is 4.99 Å². The highest BCUT2D eigenvalue weighted by atomic mass is 31.1. The fourth-order valence-corrected chi connectivity index (χ4v) is 6.82. The van der Waals surface area contributed by atoms with Gasteiger partial charge in [-0.05, 0) is 59.3 Å². The minimum atomic E-state index is 0.00613. The Morgan fingerprint density at radius 1 is 0.800 bits per heavy atom. The van der Waals surface area contributed by atoms with Crippen LogP contribution in [0, 0.1) is 0 Å². The molecule has 0 saturated carbocycles. The molecule has 0 N–H and O–H groups in total. The largest absolute Gasteiger partial charge is 0.284 e. The van der Waals surface area contributed by atoms with E-state index < -0.39 is 0 Å². The maximum Gasteiger partial charge on any atom is 0.154 e. The molecule has 3 saturated heterocycles. The van der Waals surface area contributed by atoms with Gasteiger partial charge in [-0.25, -0.2) is 0 Å². The third kappa shape index (κ3) is 3.25. The van der Waals surface area contributed by atoms with E-state index in [1.54, 1.807) is 5.42 Å². The van der Waals surface area contributed by atoms with Crippen LogP contribution in [-0.2, 0) is 0 Å². The molecule has 0 aromatic rings. The summed E-state index contributed by atoms with van der Waals surface area (Å²) in [5.74, 6) is 0. The van der Waals surface area contributed by atoms with Crippen LogP contribution in [0.5, 0.6) is 0 Å². The predicted molar refractivity (Wildman–Crippen MR) is 109 cm³/mol. The highest BCUT2D eigenvalue weighted by Gasteiger charge is 2.55. The number of rotatable bonds is 3. The summed E-state index contributed by atoms with van der Waals surface area (Å²) in [6.07, 6.45) is 9.26. The third-order valence-corrected chi connectivity index (χ3v) is 7.45. The van der Waals surface area contributed by atoms with Crippen molar-refractivity contribution in [1.29, 1.82) is 0 Å². The van der Waals surface area contributed by atoms with E-state index in [0.29, 0.717) is 0 Å². The van der Waals surface area contributed by atoms with Gasteiger partial charge in [0.05, 0.1) is 16.7 Å². The van der Waals surface area contributed by atoms with Gasteiger partial charge in [-0.3, -0.25) is 19.7 Å². The van der Waals surface area contributed by atoms with Gasteiger partial charge in [0, 0.05) is 45.4 Å². The number of hydrogen-bond donors (Lipinski definition) is 0. The van der Waals surface area contributed by atoms with Crippen molar-refractivity contribution < 1.29 is 0 Å². The van der Waals surface area contributed by atoms with Crippen molar-refractivity contribution in [2.24, 2.45) is 4.99 Å². The van der Waals surface area contributed by atoms with Crippen molar-refractivity contribution in [1.82, 2.24) is 14.7 Å². The molecule has 0 amide bonds. The molecular weight excluding hydrogens is 327 g/mol. The molecule has 3 fully saturated rings. The summed E-state index contributed by atoms with van der Waals surface area (Å²) in [7, 11) is 1.52. The minimum absolute atomic E-state index is 0.00613. The van der Waals surface area contributed by atoms with Crippen LogP contribution in [0.25, 0.3) is 0 Å². The van der Waals surface area contributed by atoms with Gasteiger partial charge in [-0.15, -0.1) is 0 Å². The second-order valence-electron chi connectivity index (χ2n) is 9.12. The van der Waals surface area contributed by atoms with Crippen LogP contribution in [0.1, 0.15) is 59.3 Å². The molecule has 4 aliphatic rings. The van der Waals surface area contributed by atoms with Crippen LogP contribution in [0.15, 0.2) is 4.99 Å². The Bertz CT molecular complexity index is 529. The average Bonchev–Trinajstić information content (AvgIpc) is 3.33. The highest BCUT2D eigenvalue weighted by Crippen LogP contribution is 2.41. The zero-order valence-electron chi connectivity index (χ0n) is 16.4. The molecule has 4 rings (SSSR count). The monoisotopic (exact) mass is 362 g/mol. The fourth-order valence-electron chi connectivity index (χ4n) is 5.20. The Balaban J connectivity index is 1.81. The van der Waals surface area contributed by atoms with Crippen molar-refractivity contribution in [3.8, 4) is 0 Å². The molecule has 140 valence electrons. The first-order chi connectivity index (χ1) is 12.0. The number of hydrogen-bond acceptors (Lipinski definition) is 4. The Hall–Kier alpha value is -0.280. The second kappa shape index (κ2) is 7.03. The van der Waals surface area contributed by atoms with Gasteiger partial charge >= 0.3 is 0 Å². The Morgan fingerprint density at radius 3 is 1.76 bits per heavy atom. The van der Waals surface area contributed by atoms with Gasteiger partial charge in [-0.1, -0.05) is 8.20 Å². The summed E-state index contributed by atoms with van der Waals surface area (Å²) < 4.78 is 0. The van der Waals surface area contributed by atoms with E-state index >= 15 is 0 Å². The van der Waals surface area contributed by atoms with E-state index in [9.17, 15) is 0 Å². The predicted octanol–water partition coefficient (Wildman–Crippen LogP) is 3.30. The zero-order chi connectivity index (χ0) is 17.5. The Kier molecular flexibility index (Phi) is 5.09. The van der Waals surface area contributed by atoms with E-state index in [0.717, 1.165) is 6.16 Å². The summed E-state index contributed by atoms with van der Waals surface area (Å²) in [6.45, 7) is 14.3. The number of aliphatic imine (C=N–C) groups is 1. The molecular formula is C20H35N4P. The van der Waals surface area contributed by atoms with Gasteiger partial charge in [0.25, 0.3) is 0 Å². The quantitative estimate of drug-likeness (QED) is 0.719. The van der Waals surface area contributed by atoms with Gasteiger partial charge in [0.15, 0.2) is 5.66 Å². The first kappa shape index (κ1) is 18.1. The van der Waals surface area contributed by atoms with E-state index in [-0.39, 0.29) is 11.2 Å². The van der Waals surface area contributed by atoms with Crippen molar-refractivity contribution in [3.63, 3.8) is 0 Å². The lowest BCUT2D eigenvalue weighted by atomic mass is 9.97. The Morgan fingerprint density at radius 2 is 1.28 bits per heavy atom. The molecule has 0 aromatic carbocycles. The smallest absolute Gasteiger partial charge is 0.154 e. The van der Waals surface area contributed by atoms with E-state index in [1.165, 1.54) is 91.7 Å². The maximum absolute atomic E-state index is 5.35. The van der Waals surface area contributed by atoms with Crippen molar-refractivity contribution in [2.75, 3.05) is 45.4 Å². The topological polar surface area (TPSA) is 22.1 Å². The van der Waals surface area contributed by atoms with Crippen molar-refractivity contribution >= 4 is 19.3 Å². The molecule has 5 heteroatoms. The lowest BCUT2D eigenvalue weighted by Gasteiger charge is -2.49. The molecule has 0 aromatic heterocycles. The van der Waals surface area contributed by atoms with Crippen LogP contribution < -0.4 is 0 Å². The van der Waals surface area contributed by atoms with Gasteiger partial charge in [-0.2, -0.15) is 0 Å². The average molecular weight is 363 g/mol. The van der Waals surface area contributed by atoms with Crippen LogP contribution >= 0.6 is 8.20 Å². The molecule has 0 aliphatic carbocycles. The molecule has 0 bridgehead atoms. The van der Waals surface area contributed by atoms with Crippen molar-refractivity contribution in [2.45, 2.75) is 70.5 Å². The molecule has 4 heterocycles. The molecule has 0 spiro atoms. The second-order valence-corrected chi connectivity index (χ2v) is 10.2. The fraction of sp³-hybridized carbons (Fsp3) is 0.900. The number of likely N-dealkylation sites (tertiary alicyclic amines) is 3. The first-order valence-electron chi connectivity index (χ1n) is 10.4. The third-order valence-electron chi connectivity index (χ3n) is 6.10. The van der Waals surface area contributed by atoms with E-state index in [2.05, 4.69) is 35.5 Å². The Labute approximate surface area is 155 Å². The van der Waals surface area contributed by atoms with E-state index in [1.807, 2.05) is 0 Å². The zero-order valence-corrected chi connectivity index (χ0v) is 17.3. The molecule has 4 nitrogen and oxygen atoms in total. The first-order valence-corrected chi connectivity index (χ1v) is 11.5. The molecule has 0 unspecified atom stereocenters. The summed E-state index contributed by atoms with van der Waals surface area (Å²) >= 11 is 0. The standard InChI is InChI=1S/C20H35N4P/c1-19(2,3)21-17-16-25-18(22-10-4-5-11-22)20(17,23-12-6-7-13-23)24-14-8-9-15-24/h4-16H2,1-3H3. The summed E-state index contributed by atoms with van der Waals surface area (Å²) in [4.78, 5) is 13.7. The molecule has 4 aliphatic heterocycles. The van der Waals surface area contributed by atoms with Gasteiger partial charge < -0.3 is 0 Å². The number of nitrogens with zero attached hydrogens (tertiary/aromatic N) is 4. The summed E-state index contributed by atoms with van der Waals surface area (Å²) in [5.41, 5.74) is 3.16. The normalized spacial score (nSPS) is 31.3. The maximum atomic E-state index is 5.35. The summed E-state index contributed by atoms with van der Waals surface area (Å²) in [6, 6.07) is 0. The van der Waals surface area contributed by atoms with Crippen LogP contribution in [0.3, 0.4) is 0 Å². The van der Waals surface area contributed by atoms with Crippen LogP contribution in [0.4, 0.5) is 0 Å². The SMILES string of the molecule is CC(C)(C)N=C1CP=C(N2CCCC2)C1(N1CCCC1)N1CCCC1. The van der Waals surface area contributed by atoms with Gasteiger partial charge in [0.1, 0.15) is 0 Å². The van der Waals surface area contributed by atoms with Crippen LogP contribution in [0.2, 0.25) is 0 Å². The lowest BCUT2D eigenvalue weighted by molar-refractivity contribution is 0.0762. The van der Waals surface area contributed by atoms with Crippen LogP contribution in [-0.4, -0.2) is 82.5 Å². The minimum Gasteiger partial charge on any atom is -0.284 e. The summed E-state index contributed by atoms with van der Waals surface area (Å²) in [5, 5.41) is 0. The lowest BCUT2D eigenvalue weighted by Crippen LogP contribution is -2.70. The molecule has 0 atom stereocenters. The van der Waals surface area contributed by atoms with Gasteiger partial charge in [0.2, 0.25) is 0 Å². The molecule has 0 radical (unpaired) electrons. The highest BCUT2D eigenvalue weighted by molar-refractivity contribution is 7.43. The molecule has 25 heavy (non-hydrogen) atoms.